The van der Waals surface area contributed by atoms with Gasteiger partial charge in [-0.15, -0.1) is 0 Å². The van der Waals surface area contributed by atoms with E-state index in [-0.39, 0.29) is 12.5 Å². The molecule has 0 aliphatic rings. The Morgan fingerprint density at radius 1 is 1.11 bits per heavy atom. The van der Waals surface area contributed by atoms with E-state index in [1.807, 2.05) is 63.2 Å². The van der Waals surface area contributed by atoms with E-state index in [1.54, 1.807) is 0 Å². The summed E-state index contributed by atoms with van der Waals surface area (Å²) < 4.78 is 5.27. The maximum atomic E-state index is 11.7. The first kappa shape index (κ1) is 13.4. The Balaban J connectivity index is 2.08. The predicted octanol–water partition coefficient (Wildman–Crippen LogP) is 3.59. The lowest BCUT2D eigenvalue weighted by atomic mass is 10.1. The molecule has 0 aromatic heterocycles. The molecule has 2 aromatic carbocycles. The van der Waals surface area contributed by atoms with Gasteiger partial charge in [0.2, 0.25) is 0 Å². The lowest BCUT2D eigenvalue weighted by Crippen LogP contribution is -2.28. The number of rotatable bonds is 3. The van der Waals surface area contributed by atoms with Gasteiger partial charge in [0.15, 0.2) is 0 Å². The van der Waals surface area contributed by atoms with E-state index in [9.17, 15) is 4.79 Å². The number of hydrogen-bond acceptors (Lipinski definition) is 3. The molecule has 0 aliphatic carbocycles. The number of ether oxygens (including phenoxy) is 1. The molecule has 0 fully saturated rings. The molecule has 2 aromatic rings. The first-order chi connectivity index (χ1) is 8.96. The van der Waals surface area contributed by atoms with Crippen LogP contribution in [-0.4, -0.2) is 18.1 Å². The van der Waals surface area contributed by atoms with Gasteiger partial charge in [0.05, 0.1) is 0 Å². The van der Waals surface area contributed by atoms with E-state index in [4.69, 9.17) is 4.74 Å². The monoisotopic (exact) mass is 257 g/mol. The number of nitrogens with one attached hydrogen (secondary N) is 1. The van der Waals surface area contributed by atoms with Crippen molar-refractivity contribution in [2.24, 2.45) is 0 Å². The maximum absolute atomic E-state index is 11.7. The highest BCUT2D eigenvalue weighted by Crippen LogP contribution is 2.22. The van der Waals surface area contributed by atoms with Crippen molar-refractivity contribution in [3.63, 3.8) is 0 Å². The van der Waals surface area contributed by atoms with Gasteiger partial charge in [-0.3, -0.25) is 4.79 Å². The number of anilines is 1. The molecule has 0 amide bonds. The molecule has 0 atom stereocenters. The van der Waals surface area contributed by atoms with Gasteiger partial charge in [0, 0.05) is 11.1 Å². The summed E-state index contributed by atoms with van der Waals surface area (Å²) in [4.78, 5) is 11.7. The zero-order chi connectivity index (χ0) is 13.9. The molecule has 1 N–H and O–H groups in total. The topological polar surface area (TPSA) is 38.3 Å². The Hall–Kier alpha value is -2.03. The Bertz CT molecular complexity index is 579. The number of benzene rings is 2. The quantitative estimate of drug-likeness (QED) is 0.854. The number of fused-ring (bicyclic) bond motifs is 1. The summed E-state index contributed by atoms with van der Waals surface area (Å²) in [6.45, 7) is 5.76. The molecule has 0 bridgehead atoms. The van der Waals surface area contributed by atoms with Gasteiger partial charge < -0.3 is 10.1 Å². The molecule has 3 nitrogen and oxygen atoms in total. The fourth-order valence-corrected chi connectivity index (χ4v) is 1.92. The highest BCUT2D eigenvalue weighted by molar-refractivity contribution is 5.94. The Morgan fingerprint density at radius 3 is 2.53 bits per heavy atom. The minimum Gasteiger partial charge on any atom is -0.459 e. The van der Waals surface area contributed by atoms with E-state index in [0.29, 0.717) is 0 Å². The summed E-state index contributed by atoms with van der Waals surface area (Å²) >= 11 is 0. The molecule has 0 aliphatic heterocycles. The maximum Gasteiger partial charge on any atom is 0.325 e. The second-order valence-electron chi connectivity index (χ2n) is 5.47. The average Bonchev–Trinajstić information content (AvgIpc) is 2.34. The molecule has 0 saturated heterocycles. The van der Waals surface area contributed by atoms with Crippen LogP contribution in [0, 0.1) is 0 Å². The molecule has 2 rings (SSSR count). The van der Waals surface area contributed by atoms with Gasteiger partial charge in [0.1, 0.15) is 12.1 Å². The van der Waals surface area contributed by atoms with Crippen LogP contribution < -0.4 is 5.32 Å². The number of esters is 1. The van der Waals surface area contributed by atoms with Crippen molar-refractivity contribution in [2.75, 3.05) is 11.9 Å². The summed E-state index contributed by atoms with van der Waals surface area (Å²) in [7, 11) is 0. The number of carbonyl (C=O) groups is 1. The van der Waals surface area contributed by atoms with Crippen LogP contribution >= 0.6 is 0 Å². The van der Waals surface area contributed by atoms with Crippen LogP contribution in [0.25, 0.3) is 10.8 Å². The molecule has 100 valence electrons. The molecule has 0 unspecified atom stereocenters. The van der Waals surface area contributed by atoms with Crippen molar-refractivity contribution in [3.05, 3.63) is 42.5 Å². The normalized spacial score (nSPS) is 11.3. The van der Waals surface area contributed by atoms with Gasteiger partial charge in [-0.2, -0.15) is 0 Å². The minimum atomic E-state index is -0.447. The van der Waals surface area contributed by atoms with Crippen LogP contribution in [0.2, 0.25) is 0 Å². The third-order valence-electron chi connectivity index (χ3n) is 2.63. The minimum absolute atomic E-state index is 0.172. The zero-order valence-electron chi connectivity index (χ0n) is 11.6. The van der Waals surface area contributed by atoms with Crippen LogP contribution in [-0.2, 0) is 9.53 Å². The van der Waals surface area contributed by atoms with E-state index in [1.165, 1.54) is 0 Å². The van der Waals surface area contributed by atoms with Gasteiger partial charge in [-0.25, -0.2) is 0 Å². The molecule has 0 saturated carbocycles. The van der Waals surface area contributed by atoms with Gasteiger partial charge in [0.25, 0.3) is 0 Å². The lowest BCUT2D eigenvalue weighted by Gasteiger charge is -2.20. The Labute approximate surface area is 113 Å². The van der Waals surface area contributed by atoms with E-state index >= 15 is 0 Å². The number of carbonyl (C=O) groups excluding carboxylic acids is 1. The molecular weight excluding hydrogens is 238 g/mol. The smallest absolute Gasteiger partial charge is 0.325 e. The fraction of sp³-hybridized carbons (Fsp3) is 0.312. The standard InChI is InChI=1S/C16H19NO2/c1-16(2,3)19-15(18)11-17-14-10-6-8-12-7-4-5-9-13(12)14/h4-10,17H,11H2,1-3H3. The van der Waals surface area contributed by atoms with Crippen LogP contribution in [0.3, 0.4) is 0 Å². The van der Waals surface area contributed by atoms with Crippen molar-refractivity contribution >= 4 is 22.4 Å². The predicted molar refractivity (Wildman–Crippen MR) is 78.3 cm³/mol. The van der Waals surface area contributed by atoms with E-state index < -0.39 is 5.60 Å². The third kappa shape index (κ3) is 3.71. The molecule has 0 heterocycles. The SMILES string of the molecule is CC(C)(C)OC(=O)CNc1cccc2ccccc12. The van der Waals surface area contributed by atoms with Crippen molar-refractivity contribution < 1.29 is 9.53 Å². The third-order valence-corrected chi connectivity index (χ3v) is 2.63. The molecule has 0 radical (unpaired) electrons. The van der Waals surface area contributed by atoms with Crippen molar-refractivity contribution in [3.8, 4) is 0 Å². The van der Waals surface area contributed by atoms with Crippen LogP contribution in [0.1, 0.15) is 20.8 Å². The lowest BCUT2D eigenvalue weighted by molar-refractivity contribution is -0.152. The molecular formula is C16H19NO2. The summed E-state index contributed by atoms with van der Waals surface area (Å²) in [5.41, 5.74) is 0.501. The van der Waals surface area contributed by atoms with Crippen molar-refractivity contribution in [1.29, 1.82) is 0 Å². The van der Waals surface area contributed by atoms with E-state index in [2.05, 4.69) is 5.32 Å². The van der Waals surface area contributed by atoms with E-state index in [0.717, 1.165) is 16.5 Å². The molecule has 19 heavy (non-hydrogen) atoms. The van der Waals surface area contributed by atoms with Crippen LogP contribution in [0.5, 0.6) is 0 Å². The first-order valence-corrected chi connectivity index (χ1v) is 6.39. The van der Waals surface area contributed by atoms with Gasteiger partial charge >= 0.3 is 5.97 Å². The van der Waals surface area contributed by atoms with Gasteiger partial charge in [-0.1, -0.05) is 36.4 Å². The number of hydrogen-bond donors (Lipinski definition) is 1. The highest BCUT2D eigenvalue weighted by Gasteiger charge is 2.15. The van der Waals surface area contributed by atoms with Crippen molar-refractivity contribution in [2.45, 2.75) is 26.4 Å². The second-order valence-corrected chi connectivity index (χ2v) is 5.47. The van der Waals surface area contributed by atoms with Crippen molar-refractivity contribution in [1.82, 2.24) is 0 Å². The summed E-state index contributed by atoms with van der Waals surface area (Å²) in [6, 6.07) is 14.1. The van der Waals surface area contributed by atoms with Crippen LogP contribution in [0.4, 0.5) is 5.69 Å². The fourth-order valence-electron chi connectivity index (χ4n) is 1.92. The summed E-state index contributed by atoms with van der Waals surface area (Å²) in [5, 5.41) is 5.39. The largest absolute Gasteiger partial charge is 0.459 e. The Kier molecular flexibility index (Phi) is 3.74. The van der Waals surface area contributed by atoms with Gasteiger partial charge in [-0.05, 0) is 32.2 Å². The molecule has 0 spiro atoms. The highest BCUT2D eigenvalue weighted by atomic mass is 16.6. The molecule has 3 heteroatoms. The first-order valence-electron chi connectivity index (χ1n) is 6.39. The second kappa shape index (κ2) is 5.31. The summed E-state index contributed by atoms with van der Waals surface area (Å²) in [5.74, 6) is -0.250. The average molecular weight is 257 g/mol. The van der Waals surface area contributed by atoms with Crippen LogP contribution in [0.15, 0.2) is 42.5 Å². The summed E-state index contributed by atoms with van der Waals surface area (Å²) in [6.07, 6.45) is 0. The zero-order valence-corrected chi connectivity index (χ0v) is 11.6. The Morgan fingerprint density at radius 2 is 1.79 bits per heavy atom.